The monoisotopic (exact) mass is 193 g/mol. The zero-order chi connectivity index (χ0) is 10.1. The van der Waals surface area contributed by atoms with Gasteiger partial charge in [-0.3, -0.25) is 0 Å². The summed E-state index contributed by atoms with van der Waals surface area (Å²) in [5.41, 5.74) is 2.43. The van der Waals surface area contributed by atoms with E-state index in [1.807, 2.05) is 6.33 Å². The summed E-state index contributed by atoms with van der Waals surface area (Å²) in [4.78, 5) is 4.30. The summed E-state index contributed by atoms with van der Waals surface area (Å²) < 4.78 is 2.23. The van der Waals surface area contributed by atoms with Gasteiger partial charge in [0.25, 0.3) is 0 Å². The van der Waals surface area contributed by atoms with Crippen molar-refractivity contribution < 1.29 is 0 Å². The third kappa shape index (κ3) is 2.15. The molecule has 1 atom stereocenters. The minimum atomic E-state index is 0.551. The van der Waals surface area contributed by atoms with Gasteiger partial charge in [0.15, 0.2) is 0 Å². The fourth-order valence-corrected chi connectivity index (χ4v) is 1.73. The van der Waals surface area contributed by atoms with Crippen LogP contribution in [0.1, 0.15) is 31.2 Å². The molecular formula is C11H19N3. The molecule has 14 heavy (non-hydrogen) atoms. The second-order valence-corrected chi connectivity index (χ2v) is 4.41. The summed E-state index contributed by atoms with van der Waals surface area (Å²) >= 11 is 0. The van der Waals surface area contributed by atoms with Gasteiger partial charge in [0.1, 0.15) is 0 Å². The normalized spacial score (nSPS) is 18.5. The second-order valence-electron chi connectivity index (χ2n) is 4.41. The highest BCUT2D eigenvalue weighted by molar-refractivity contribution is 5.08. The van der Waals surface area contributed by atoms with Gasteiger partial charge in [-0.1, -0.05) is 0 Å². The van der Waals surface area contributed by atoms with E-state index in [-0.39, 0.29) is 0 Å². The minimum absolute atomic E-state index is 0.551. The van der Waals surface area contributed by atoms with E-state index in [4.69, 9.17) is 0 Å². The predicted molar refractivity (Wildman–Crippen MR) is 57.3 cm³/mol. The van der Waals surface area contributed by atoms with E-state index in [2.05, 4.69) is 35.6 Å². The van der Waals surface area contributed by atoms with Crippen molar-refractivity contribution in [3.05, 3.63) is 17.7 Å². The molecule has 1 heterocycles. The SMILES string of the molecule is Cc1ncn(CC(C)NC2CC2)c1C. The maximum atomic E-state index is 4.30. The van der Waals surface area contributed by atoms with Crippen LogP contribution in [0.25, 0.3) is 0 Å². The first kappa shape index (κ1) is 9.71. The Bertz CT molecular complexity index is 312. The van der Waals surface area contributed by atoms with Crippen LogP contribution >= 0.6 is 0 Å². The molecule has 0 spiro atoms. The van der Waals surface area contributed by atoms with Crippen LogP contribution in [-0.2, 0) is 6.54 Å². The van der Waals surface area contributed by atoms with Crippen molar-refractivity contribution in [2.24, 2.45) is 0 Å². The van der Waals surface area contributed by atoms with Gasteiger partial charge in [-0.2, -0.15) is 0 Å². The van der Waals surface area contributed by atoms with Crippen molar-refractivity contribution in [2.75, 3.05) is 0 Å². The third-order valence-corrected chi connectivity index (χ3v) is 2.91. The van der Waals surface area contributed by atoms with Gasteiger partial charge in [0, 0.05) is 24.3 Å². The number of nitrogens with one attached hydrogen (secondary N) is 1. The van der Waals surface area contributed by atoms with Crippen LogP contribution in [0.4, 0.5) is 0 Å². The predicted octanol–water partition coefficient (Wildman–Crippen LogP) is 1.64. The molecule has 1 aromatic rings. The second kappa shape index (κ2) is 3.73. The maximum Gasteiger partial charge on any atom is 0.0951 e. The fraction of sp³-hybridized carbons (Fsp3) is 0.727. The Morgan fingerprint density at radius 1 is 1.57 bits per heavy atom. The third-order valence-electron chi connectivity index (χ3n) is 2.91. The molecule has 0 radical (unpaired) electrons. The summed E-state index contributed by atoms with van der Waals surface area (Å²) in [6.07, 6.45) is 4.65. The van der Waals surface area contributed by atoms with Gasteiger partial charge < -0.3 is 9.88 Å². The van der Waals surface area contributed by atoms with Crippen molar-refractivity contribution in [2.45, 2.75) is 52.2 Å². The number of imidazole rings is 1. The molecule has 3 heteroatoms. The van der Waals surface area contributed by atoms with Crippen LogP contribution < -0.4 is 5.32 Å². The number of hydrogen-bond donors (Lipinski definition) is 1. The first-order valence-electron chi connectivity index (χ1n) is 5.41. The molecule has 1 N–H and O–H groups in total. The molecule has 0 amide bonds. The lowest BCUT2D eigenvalue weighted by molar-refractivity contribution is 0.470. The van der Waals surface area contributed by atoms with Gasteiger partial charge in [0.2, 0.25) is 0 Å². The highest BCUT2D eigenvalue weighted by atomic mass is 15.1. The average molecular weight is 193 g/mol. The first-order valence-corrected chi connectivity index (χ1v) is 5.41. The number of hydrogen-bond acceptors (Lipinski definition) is 2. The van der Waals surface area contributed by atoms with Crippen molar-refractivity contribution in [3.63, 3.8) is 0 Å². The van der Waals surface area contributed by atoms with Gasteiger partial charge in [-0.25, -0.2) is 4.98 Å². The summed E-state index contributed by atoms with van der Waals surface area (Å²) in [7, 11) is 0. The van der Waals surface area contributed by atoms with E-state index in [9.17, 15) is 0 Å². The summed E-state index contributed by atoms with van der Waals surface area (Å²) in [6, 6.07) is 1.34. The van der Waals surface area contributed by atoms with Gasteiger partial charge >= 0.3 is 0 Å². The molecular weight excluding hydrogens is 174 g/mol. The Labute approximate surface area is 85.5 Å². The number of rotatable bonds is 4. The molecule has 1 fully saturated rings. The van der Waals surface area contributed by atoms with E-state index in [1.54, 1.807) is 0 Å². The van der Waals surface area contributed by atoms with Crippen molar-refractivity contribution >= 4 is 0 Å². The van der Waals surface area contributed by atoms with Gasteiger partial charge in [0.05, 0.1) is 12.0 Å². The molecule has 0 bridgehead atoms. The van der Waals surface area contributed by atoms with E-state index in [1.165, 1.54) is 18.5 Å². The van der Waals surface area contributed by atoms with Crippen molar-refractivity contribution in [3.8, 4) is 0 Å². The molecule has 78 valence electrons. The lowest BCUT2D eigenvalue weighted by Crippen LogP contribution is -2.32. The Morgan fingerprint density at radius 2 is 2.29 bits per heavy atom. The van der Waals surface area contributed by atoms with Crippen LogP contribution in [0.2, 0.25) is 0 Å². The van der Waals surface area contributed by atoms with Crippen molar-refractivity contribution in [1.29, 1.82) is 0 Å². The van der Waals surface area contributed by atoms with E-state index < -0.39 is 0 Å². The Balaban J connectivity index is 1.91. The summed E-state index contributed by atoms with van der Waals surface area (Å²) in [5, 5.41) is 3.59. The molecule has 3 nitrogen and oxygen atoms in total. The van der Waals surface area contributed by atoms with Gasteiger partial charge in [-0.05, 0) is 33.6 Å². The Kier molecular flexibility index (Phi) is 2.59. The molecule has 1 aliphatic carbocycles. The molecule has 0 aromatic carbocycles. The van der Waals surface area contributed by atoms with E-state index in [0.717, 1.165) is 18.3 Å². The van der Waals surface area contributed by atoms with E-state index >= 15 is 0 Å². The maximum absolute atomic E-state index is 4.30. The Hall–Kier alpha value is -0.830. The summed E-state index contributed by atoms with van der Waals surface area (Å²) in [5.74, 6) is 0. The van der Waals surface area contributed by atoms with Crippen LogP contribution in [0.5, 0.6) is 0 Å². The van der Waals surface area contributed by atoms with Gasteiger partial charge in [-0.15, -0.1) is 0 Å². The molecule has 1 aromatic heterocycles. The number of nitrogens with zero attached hydrogens (tertiary/aromatic N) is 2. The quantitative estimate of drug-likeness (QED) is 0.788. The highest BCUT2D eigenvalue weighted by Crippen LogP contribution is 2.19. The summed E-state index contributed by atoms with van der Waals surface area (Å²) in [6.45, 7) is 7.47. The fourth-order valence-electron chi connectivity index (χ4n) is 1.73. The van der Waals surface area contributed by atoms with Crippen LogP contribution in [-0.4, -0.2) is 21.6 Å². The Morgan fingerprint density at radius 3 is 2.79 bits per heavy atom. The smallest absolute Gasteiger partial charge is 0.0951 e. The molecule has 1 unspecified atom stereocenters. The van der Waals surface area contributed by atoms with Crippen LogP contribution in [0, 0.1) is 13.8 Å². The lowest BCUT2D eigenvalue weighted by atomic mass is 10.3. The van der Waals surface area contributed by atoms with Crippen LogP contribution in [0.15, 0.2) is 6.33 Å². The van der Waals surface area contributed by atoms with E-state index in [0.29, 0.717) is 6.04 Å². The number of aromatic nitrogens is 2. The van der Waals surface area contributed by atoms with Crippen molar-refractivity contribution in [1.82, 2.24) is 14.9 Å². The minimum Gasteiger partial charge on any atom is -0.333 e. The zero-order valence-corrected chi connectivity index (χ0v) is 9.25. The average Bonchev–Trinajstić information content (AvgIpc) is 2.89. The molecule has 1 aliphatic rings. The number of aryl methyl sites for hydroxylation is 1. The van der Waals surface area contributed by atoms with Crippen LogP contribution in [0.3, 0.4) is 0 Å². The zero-order valence-electron chi connectivity index (χ0n) is 9.25. The standard InChI is InChI=1S/C11H19N3/c1-8(13-11-4-5-11)6-14-7-12-9(2)10(14)3/h7-8,11,13H,4-6H2,1-3H3. The lowest BCUT2D eigenvalue weighted by Gasteiger charge is -2.14. The molecule has 1 saturated carbocycles. The topological polar surface area (TPSA) is 29.9 Å². The first-order chi connectivity index (χ1) is 6.66. The molecule has 2 rings (SSSR count). The highest BCUT2D eigenvalue weighted by Gasteiger charge is 2.22. The molecule has 0 aliphatic heterocycles. The molecule has 0 saturated heterocycles. The largest absolute Gasteiger partial charge is 0.333 e.